The van der Waals surface area contributed by atoms with E-state index in [1.54, 1.807) is 0 Å². The summed E-state index contributed by atoms with van der Waals surface area (Å²) in [6, 6.07) is 0. The van der Waals surface area contributed by atoms with E-state index in [2.05, 4.69) is 0 Å². The van der Waals surface area contributed by atoms with Crippen LogP contribution in [-0.2, 0) is 4.79 Å². The van der Waals surface area contributed by atoms with E-state index >= 15 is 0 Å². The van der Waals surface area contributed by atoms with Gasteiger partial charge in [0, 0.05) is 10.8 Å². The maximum atomic E-state index is 13.8. The maximum Gasteiger partial charge on any atom is 0.145 e. The number of hydrogen-bond donors (Lipinski definition) is 0. The van der Waals surface area contributed by atoms with E-state index in [9.17, 15) is 4.79 Å². The van der Waals surface area contributed by atoms with Gasteiger partial charge in [-0.25, -0.2) is 0 Å². The van der Waals surface area contributed by atoms with Crippen molar-refractivity contribution in [2.45, 2.75) is 103 Å². The van der Waals surface area contributed by atoms with Crippen LogP contribution in [0.4, 0.5) is 0 Å². The minimum atomic E-state index is 0.177. The van der Waals surface area contributed by atoms with Crippen LogP contribution in [0.3, 0.4) is 0 Å². The van der Waals surface area contributed by atoms with Crippen LogP contribution in [0.2, 0.25) is 0 Å². The molecule has 0 saturated heterocycles. The number of Topliss-reactive ketones (excluding diaryl/α,β-unsaturated/α-hetero) is 1. The number of rotatable bonds is 3. The fourth-order valence-electron chi connectivity index (χ4n) is 9.61. The van der Waals surface area contributed by atoms with Gasteiger partial charge in [0.25, 0.3) is 0 Å². The lowest BCUT2D eigenvalue weighted by molar-refractivity contribution is -0.139. The number of ketones is 1. The van der Waals surface area contributed by atoms with Crippen molar-refractivity contribution in [3.8, 4) is 0 Å². The van der Waals surface area contributed by atoms with Gasteiger partial charge in [-0.05, 0) is 93.3 Å². The lowest BCUT2D eigenvalue weighted by Gasteiger charge is -2.40. The molecule has 6 saturated carbocycles. The lowest BCUT2D eigenvalue weighted by atomic mass is 9.63. The van der Waals surface area contributed by atoms with E-state index in [0.29, 0.717) is 0 Å². The Bertz CT molecular complexity index is 589. The van der Waals surface area contributed by atoms with Gasteiger partial charge in [-0.15, -0.1) is 0 Å². The highest BCUT2D eigenvalue weighted by atomic mass is 16.1. The first-order valence-electron chi connectivity index (χ1n) is 12.2. The molecule has 0 N–H and O–H groups in total. The molecule has 0 amide bonds. The summed E-state index contributed by atoms with van der Waals surface area (Å²) in [6.45, 7) is 0. The van der Waals surface area contributed by atoms with Crippen LogP contribution in [0.15, 0.2) is 0 Å². The Kier molecular flexibility index (Phi) is 3.73. The zero-order valence-electron chi connectivity index (χ0n) is 16.7. The second-order valence-corrected chi connectivity index (χ2v) is 11.7. The van der Waals surface area contributed by atoms with E-state index < -0.39 is 0 Å². The van der Waals surface area contributed by atoms with Gasteiger partial charge in [-0.3, -0.25) is 4.79 Å². The van der Waals surface area contributed by atoms with Crippen molar-refractivity contribution in [1.29, 1.82) is 0 Å². The van der Waals surface area contributed by atoms with Crippen molar-refractivity contribution < 1.29 is 4.79 Å². The molecule has 0 aromatic carbocycles. The van der Waals surface area contributed by atoms with Gasteiger partial charge in [0.05, 0.1) is 0 Å². The van der Waals surface area contributed by atoms with Gasteiger partial charge in [0.15, 0.2) is 0 Å². The Labute approximate surface area is 160 Å². The van der Waals surface area contributed by atoms with Crippen molar-refractivity contribution in [1.82, 2.24) is 0 Å². The van der Waals surface area contributed by atoms with Crippen molar-refractivity contribution in [2.24, 2.45) is 46.3 Å². The molecular formula is C25H38O. The average molecular weight is 355 g/mol. The molecule has 0 aromatic heterocycles. The third kappa shape index (κ3) is 2.18. The normalized spacial score (nSPS) is 52.9. The van der Waals surface area contributed by atoms with Gasteiger partial charge in [0.2, 0.25) is 0 Å². The summed E-state index contributed by atoms with van der Waals surface area (Å²) in [5, 5.41) is 0. The second-order valence-electron chi connectivity index (χ2n) is 11.7. The van der Waals surface area contributed by atoms with Crippen molar-refractivity contribution in [3.63, 3.8) is 0 Å². The molecule has 2 spiro atoms. The van der Waals surface area contributed by atoms with Crippen LogP contribution in [0, 0.1) is 46.3 Å². The lowest BCUT2D eigenvalue weighted by Crippen LogP contribution is -2.42. The second kappa shape index (κ2) is 5.84. The van der Waals surface area contributed by atoms with Crippen LogP contribution < -0.4 is 0 Å². The van der Waals surface area contributed by atoms with Crippen LogP contribution in [0.5, 0.6) is 0 Å². The zero-order chi connectivity index (χ0) is 17.4. The predicted octanol–water partition coefficient (Wildman–Crippen LogP) is 6.55. The minimum absolute atomic E-state index is 0.177. The molecule has 6 aliphatic rings. The van der Waals surface area contributed by atoms with Gasteiger partial charge < -0.3 is 0 Å². The van der Waals surface area contributed by atoms with E-state index in [1.807, 2.05) is 0 Å². The molecule has 4 bridgehead atoms. The Morgan fingerprint density at radius 3 is 2.23 bits per heavy atom. The highest BCUT2D eigenvalue weighted by molar-refractivity contribution is 5.94. The fourth-order valence-corrected chi connectivity index (χ4v) is 9.61. The summed E-state index contributed by atoms with van der Waals surface area (Å²) in [5.41, 5.74) is 0.363. The Morgan fingerprint density at radius 2 is 1.58 bits per heavy atom. The van der Waals surface area contributed by atoms with E-state index in [0.717, 1.165) is 41.3 Å². The van der Waals surface area contributed by atoms with E-state index in [4.69, 9.17) is 0 Å². The van der Waals surface area contributed by atoms with Gasteiger partial charge in [-0.2, -0.15) is 0 Å². The summed E-state index contributed by atoms with van der Waals surface area (Å²) < 4.78 is 0. The number of fused-ring (bicyclic) bond motifs is 6. The molecule has 0 aliphatic heterocycles. The molecule has 7 unspecified atom stereocenters. The molecule has 0 aromatic rings. The third-order valence-corrected chi connectivity index (χ3v) is 10.8. The molecule has 144 valence electrons. The molecular weight excluding hydrogens is 316 g/mol. The quantitative estimate of drug-likeness (QED) is 0.561. The van der Waals surface area contributed by atoms with E-state index in [1.165, 1.54) is 103 Å². The summed E-state index contributed by atoms with van der Waals surface area (Å²) in [4.78, 5) is 13.8. The monoisotopic (exact) mass is 354 g/mol. The standard InChI is InChI=1S/C25H38O/c26-23-24(15-18-7-9-21(24)12-18)10-11-25(23)16-20-14-22(25)13-19(20)8-6-17-4-2-1-3-5-17/h17-22H,1-16H2. The molecule has 6 aliphatic carbocycles. The summed E-state index contributed by atoms with van der Waals surface area (Å²) in [5.74, 6) is 6.26. The molecule has 6 fully saturated rings. The summed E-state index contributed by atoms with van der Waals surface area (Å²) >= 11 is 0. The van der Waals surface area contributed by atoms with Gasteiger partial charge in [0.1, 0.15) is 5.78 Å². The number of carbonyl (C=O) groups excluding carboxylic acids is 1. The van der Waals surface area contributed by atoms with Crippen molar-refractivity contribution in [3.05, 3.63) is 0 Å². The third-order valence-electron chi connectivity index (χ3n) is 10.8. The van der Waals surface area contributed by atoms with Crippen molar-refractivity contribution >= 4 is 5.78 Å². The van der Waals surface area contributed by atoms with Crippen LogP contribution in [0.1, 0.15) is 103 Å². The van der Waals surface area contributed by atoms with Gasteiger partial charge >= 0.3 is 0 Å². The Hall–Kier alpha value is -0.330. The Balaban J connectivity index is 1.12. The maximum absolute atomic E-state index is 13.8. The van der Waals surface area contributed by atoms with E-state index in [-0.39, 0.29) is 10.8 Å². The van der Waals surface area contributed by atoms with Crippen LogP contribution in [0.25, 0.3) is 0 Å². The highest BCUT2D eigenvalue weighted by Crippen LogP contribution is 2.72. The molecule has 1 nitrogen and oxygen atoms in total. The number of hydrogen-bond acceptors (Lipinski definition) is 1. The predicted molar refractivity (Wildman–Crippen MR) is 105 cm³/mol. The minimum Gasteiger partial charge on any atom is -0.298 e. The average Bonchev–Trinajstić information content (AvgIpc) is 3.46. The Morgan fingerprint density at radius 1 is 0.769 bits per heavy atom. The highest BCUT2D eigenvalue weighted by Gasteiger charge is 2.69. The smallest absolute Gasteiger partial charge is 0.145 e. The molecule has 26 heavy (non-hydrogen) atoms. The largest absolute Gasteiger partial charge is 0.298 e. The van der Waals surface area contributed by atoms with Crippen LogP contribution in [-0.4, -0.2) is 5.78 Å². The first kappa shape index (κ1) is 16.6. The summed E-state index contributed by atoms with van der Waals surface area (Å²) in [7, 11) is 0. The summed E-state index contributed by atoms with van der Waals surface area (Å²) in [6.07, 6.45) is 22.7. The van der Waals surface area contributed by atoms with Crippen LogP contribution >= 0.6 is 0 Å². The topological polar surface area (TPSA) is 17.1 Å². The molecule has 7 atom stereocenters. The fraction of sp³-hybridized carbons (Fsp3) is 0.960. The SMILES string of the molecule is O=C1C2(CCC13CC1CC3CC1CCC1CCCCC1)CC1CCC2C1. The molecule has 6 rings (SSSR count). The van der Waals surface area contributed by atoms with Gasteiger partial charge in [-0.1, -0.05) is 44.9 Å². The first-order valence-corrected chi connectivity index (χ1v) is 12.2. The molecule has 1 heteroatoms. The number of carbonyl (C=O) groups is 1. The first-order chi connectivity index (χ1) is 12.7. The van der Waals surface area contributed by atoms with Crippen molar-refractivity contribution in [2.75, 3.05) is 0 Å². The zero-order valence-corrected chi connectivity index (χ0v) is 16.7. The molecule has 0 radical (unpaired) electrons. The molecule has 0 heterocycles.